The summed E-state index contributed by atoms with van der Waals surface area (Å²) in [5, 5.41) is 2.70. The highest BCUT2D eigenvalue weighted by molar-refractivity contribution is 7.98. The van der Waals surface area contributed by atoms with Gasteiger partial charge in [0.1, 0.15) is 5.69 Å². The van der Waals surface area contributed by atoms with Gasteiger partial charge in [-0.1, -0.05) is 31.5 Å². The standard InChI is InChI=1S/C26H29N3O5S/c1-4-5-14-29-22-9-7-6-8-19(22)28-20(26(29)33)11-13-25(32)34-16-23(31)18-10-12-24(35-3)21(15-18)27-17(2)30/h6-10,12,15H,4-5,11,13-14,16H2,1-3H3,(H,27,30). The van der Waals surface area contributed by atoms with Gasteiger partial charge in [0.25, 0.3) is 5.56 Å². The number of hydrogen-bond acceptors (Lipinski definition) is 7. The molecule has 0 aliphatic carbocycles. The van der Waals surface area contributed by atoms with Crippen LogP contribution in [0.15, 0.2) is 52.2 Å². The van der Waals surface area contributed by atoms with Gasteiger partial charge in [0.15, 0.2) is 12.4 Å². The first kappa shape index (κ1) is 26.2. The number of hydrogen-bond donors (Lipinski definition) is 1. The lowest BCUT2D eigenvalue weighted by Crippen LogP contribution is -2.26. The molecular formula is C26H29N3O5S. The maximum atomic E-state index is 13.0. The van der Waals surface area contributed by atoms with E-state index in [2.05, 4.69) is 17.2 Å². The highest BCUT2D eigenvalue weighted by Gasteiger charge is 2.16. The number of ketones is 1. The lowest BCUT2D eigenvalue weighted by molar-refractivity contribution is -0.142. The number of nitrogens with zero attached hydrogens (tertiary/aromatic N) is 2. The number of carbonyl (C=O) groups is 3. The number of thioether (sulfide) groups is 1. The molecule has 1 N–H and O–H groups in total. The smallest absolute Gasteiger partial charge is 0.306 e. The van der Waals surface area contributed by atoms with E-state index in [1.165, 1.54) is 18.7 Å². The Labute approximate surface area is 208 Å². The van der Waals surface area contributed by atoms with Crippen LogP contribution in [0.3, 0.4) is 0 Å². The van der Waals surface area contributed by atoms with Crippen LogP contribution in [0.1, 0.15) is 49.2 Å². The van der Waals surface area contributed by atoms with Crippen molar-refractivity contribution in [1.82, 2.24) is 9.55 Å². The van der Waals surface area contributed by atoms with Gasteiger partial charge in [0, 0.05) is 30.3 Å². The summed E-state index contributed by atoms with van der Waals surface area (Å²) < 4.78 is 6.87. The van der Waals surface area contributed by atoms with Crippen LogP contribution < -0.4 is 10.9 Å². The molecule has 0 unspecified atom stereocenters. The summed E-state index contributed by atoms with van der Waals surface area (Å²) >= 11 is 1.44. The number of Topliss-reactive ketones (excluding diaryl/α,β-unsaturated/α-hetero) is 1. The molecule has 35 heavy (non-hydrogen) atoms. The number of amides is 1. The number of benzene rings is 2. The van der Waals surface area contributed by atoms with Crippen LogP contribution in [0.5, 0.6) is 0 Å². The van der Waals surface area contributed by atoms with E-state index in [0.717, 1.165) is 23.3 Å². The number of para-hydroxylation sites is 2. The molecule has 0 saturated carbocycles. The summed E-state index contributed by atoms with van der Waals surface area (Å²) in [6.45, 7) is 3.61. The lowest BCUT2D eigenvalue weighted by atomic mass is 10.1. The van der Waals surface area contributed by atoms with Crippen LogP contribution in [0.4, 0.5) is 5.69 Å². The average Bonchev–Trinajstić information content (AvgIpc) is 2.85. The Morgan fingerprint density at radius 3 is 2.63 bits per heavy atom. The van der Waals surface area contributed by atoms with Crippen molar-refractivity contribution >= 4 is 46.1 Å². The maximum absolute atomic E-state index is 13.0. The van der Waals surface area contributed by atoms with Gasteiger partial charge in [-0.3, -0.25) is 19.2 Å². The molecule has 0 spiro atoms. The van der Waals surface area contributed by atoms with E-state index in [-0.39, 0.29) is 30.1 Å². The van der Waals surface area contributed by atoms with E-state index in [9.17, 15) is 19.2 Å². The fourth-order valence-electron chi connectivity index (χ4n) is 3.64. The van der Waals surface area contributed by atoms with Gasteiger partial charge >= 0.3 is 5.97 Å². The summed E-state index contributed by atoms with van der Waals surface area (Å²) in [6.07, 6.45) is 3.74. The van der Waals surface area contributed by atoms with Gasteiger partial charge in [-0.15, -0.1) is 11.8 Å². The molecule has 9 heteroatoms. The van der Waals surface area contributed by atoms with E-state index >= 15 is 0 Å². The predicted octanol–water partition coefficient (Wildman–Crippen LogP) is 4.24. The van der Waals surface area contributed by atoms with Crippen molar-refractivity contribution < 1.29 is 19.1 Å². The van der Waals surface area contributed by atoms with Crippen LogP contribution >= 0.6 is 11.8 Å². The minimum Gasteiger partial charge on any atom is -0.457 e. The van der Waals surface area contributed by atoms with Crippen molar-refractivity contribution in [1.29, 1.82) is 0 Å². The molecule has 8 nitrogen and oxygen atoms in total. The third-order valence-corrected chi connectivity index (χ3v) is 6.21. The minimum atomic E-state index is -0.587. The SMILES string of the molecule is CCCCn1c(=O)c(CCC(=O)OCC(=O)c2ccc(SC)c(NC(C)=O)c2)nc2ccccc21. The first-order valence-electron chi connectivity index (χ1n) is 11.5. The zero-order valence-electron chi connectivity index (χ0n) is 20.1. The van der Waals surface area contributed by atoms with Crippen molar-refractivity contribution in [3.8, 4) is 0 Å². The van der Waals surface area contributed by atoms with Crippen LogP contribution in [-0.2, 0) is 27.3 Å². The number of esters is 1. The number of aromatic nitrogens is 2. The van der Waals surface area contributed by atoms with E-state index < -0.39 is 12.6 Å². The van der Waals surface area contributed by atoms with E-state index in [1.54, 1.807) is 22.8 Å². The molecular weight excluding hydrogens is 466 g/mol. The second-order valence-corrected chi connectivity index (χ2v) is 8.89. The number of rotatable bonds is 11. The third-order valence-electron chi connectivity index (χ3n) is 5.42. The molecule has 1 aromatic heterocycles. The van der Waals surface area contributed by atoms with Crippen molar-refractivity contribution in [2.24, 2.45) is 0 Å². The Bertz CT molecular complexity index is 1300. The van der Waals surface area contributed by atoms with Crippen LogP contribution in [0.25, 0.3) is 11.0 Å². The lowest BCUT2D eigenvalue weighted by Gasteiger charge is -2.12. The van der Waals surface area contributed by atoms with Gasteiger partial charge in [0.05, 0.1) is 23.1 Å². The zero-order chi connectivity index (χ0) is 25.4. The Morgan fingerprint density at radius 1 is 1.14 bits per heavy atom. The van der Waals surface area contributed by atoms with E-state index in [1.807, 2.05) is 30.5 Å². The molecule has 0 aliphatic heterocycles. The molecule has 1 amide bonds. The topological polar surface area (TPSA) is 107 Å². The van der Waals surface area contributed by atoms with E-state index in [4.69, 9.17) is 4.74 Å². The molecule has 0 atom stereocenters. The molecule has 0 aliphatic rings. The molecule has 3 rings (SSSR count). The Balaban J connectivity index is 1.65. The molecule has 0 fully saturated rings. The maximum Gasteiger partial charge on any atom is 0.306 e. The summed E-state index contributed by atoms with van der Waals surface area (Å²) in [4.78, 5) is 54.6. The number of nitrogens with one attached hydrogen (secondary N) is 1. The largest absolute Gasteiger partial charge is 0.457 e. The van der Waals surface area contributed by atoms with Crippen LogP contribution in [-0.4, -0.2) is 40.1 Å². The normalized spacial score (nSPS) is 10.8. The number of aryl methyl sites for hydroxylation is 2. The number of anilines is 1. The predicted molar refractivity (Wildman–Crippen MR) is 137 cm³/mol. The van der Waals surface area contributed by atoms with Crippen LogP contribution in [0, 0.1) is 0 Å². The van der Waals surface area contributed by atoms with Gasteiger partial charge in [-0.25, -0.2) is 4.98 Å². The molecule has 0 saturated heterocycles. The van der Waals surface area contributed by atoms with Gasteiger partial charge < -0.3 is 14.6 Å². The van der Waals surface area contributed by atoms with Crippen molar-refractivity contribution in [2.75, 3.05) is 18.2 Å². The summed E-state index contributed by atoms with van der Waals surface area (Å²) in [6, 6.07) is 12.4. The van der Waals surface area contributed by atoms with Crippen LogP contribution in [0.2, 0.25) is 0 Å². The van der Waals surface area contributed by atoms with Crippen molar-refractivity contribution in [2.45, 2.75) is 51.0 Å². The third kappa shape index (κ3) is 6.79. The molecule has 0 bridgehead atoms. The Morgan fingerprint density at radius 2 is 1.91 bits per heavy atom. The van der Waals surface area contributed by atoms with E-state index in [0.29, 0.717) is 29.0 Å². The number of ether oxygens (including phenoxy) is 1. The highest BCUT2D eigenvalue weighted by atomic mass is 32.2. The fraction of sp³-hybridized carbons (Fsp3) is 0.346. The monoisotopic (exact) mass is 495 g/mol. The molecule has 2 aromatic carbocycles. The quantitative estimate of drug-likeness (QED) is 0.241. The Kier molecular flexibility index (Phi) is 9.19. The Hall–Kier alpha value is -3.46. The first-order chi connectivity index (χ1) is 16.8. The second kappa shape index (κ2) is 12.3. The van der Waals surface area contributed by atoms with Crippen molar-refractivity contribution in [3.63, 3.8) is 0 Å². The second-order valence-electron chi connectivity index (χ2n) is 8.04. The zero-order valence-corrected chi connectivity index (χ0v) is 20.9. The molecule has 184 valence electrons. The summed E-state index contributed by atoms with van der Waals surface area (Å²) in [5.41, 5.74) is 2.42. The minimum absolute atomic E-state index is 0.0653. The van der Waals surface area contributed by atoms with Crippen molar-refractivity contribution in [3.05, 3.63) is 64.1 Å². The molecule has 1 heterocycles. The highest BCUT2D eigenvalue weighted by Crippen LogP contribution is 2.26. The summed E-state index contributed by atoms with van der Waals surface area (Å²) in [7, 11) is 0. The molecule has 3 aromatic rings. The average molecular weight is 496 g/mol. The summed E-state index contributed by atoms with van der Waals surface area (Å²) in [5.74, 6) is -1.22. The van der Waals surface area contributed by atoms with Gasteiger partial charge in [-0.05, 0) is 36.9 Å². The van der Waals surface area contributed by atoms with Gasteiger partial charge in [0.2, 0.25) is 5.91 Å². The number of carbonyl (C=O) groups excluding carboxylic acids is 3. The first-order valence-corrected chi connectivity index (χ1v) is 12.7. The van der Waals surface area contributed by atoms with Gasteiger partial charge in [-0.2, -0.15) is 0 Å². The fourth-order valence-corrected chi connectivity index (χ4v) is 4.17. The number of unbranched alkanes of at least 4 members (excludes halogenated alkanes) is 1. The molecule has 0 radical (unpaired) electrons. The number of fused-ring (bicyclic) bond motifs is 1.